The highest BCUT2D eigenvalue weighted by Gasteiger charge is 2.05. The van der Waals surface area contributed by atoms with E-state index in [0.717, 1.165) is 12.0 Å². The summed E-state index contributed by atoms with van der Waals surface area (Å²) < 4.78 is 15.4. The largest absolute Gasteiger partial charge is 0.493 e. The molecule has 0 saturated carbocycles. The van der Waals surface area contributed by atoms with Crippen LogP contribution in [0.1, 0.15) is 17.3 Å². The summed E-state index contributed by atoms with van der Waals surface area (Å²) in [7, 11) is 3.23. The van der Waals surface area contributed by atoms with Gasteiger partial charge in [-0.15, -0.1) is 24.0 Å². The number of ether oxygens (including phenoxy) is 2. The summed E-state index contributed by atoms with van der Waals surface area (Å²) in [4.78, 5) is 8.21. The fourth-order valence-corrected chi connectivity index (χ4v) is 1.99. The SMILES string of the molecule is COc1ccc(CCNC(N)=NCc2noc(C)n2)cc1OC.I. The Bertz CT molecular complexity index is 675. The van der Waals surface area contributed by atoms with Gasteiger partial charge in [-0.1, -0.05) is 11.2 Å². The van der Waals surface area contributed by atoms with Crippen molar-refractivity contribution >= 4 is 29.9 Å². The molecule has 3 N–H and O–H groups in total. The first-order valence-corrected chi connectivity index (χ1v) is 7.16. The molecule has 9 heteroatoms. The minimum atomic E-state index is 0. The summed E-state index contributed by atoms with van der Waals surface area (Å²) in [5, 5.41) is 6.79. The second kappa shape index (κ2) is 9.96. The van der Waals surface area contributed by atoms with Crippen LogP contribution >= 0.6 is 24.0 Å². The van der Waals surface area contributed by atoms with E-state index in [1.807, 2.05) is 18.2 Å². The van der Waals surface area contributed by atoms with Crippen LogP contribution in [0.25, 0.3) is 0 Å². The van der Waals surface area contributed by atoms with Crippen molar-refractivity contribution in [1.29, 1.82) is 0 Å². The van der Waals surface area contributed by atoms with E-state index in [2.05, 4.69) is 20.4 Å². The summed E-state index contributed by atoms with van der Waals surface area (Å²) in [6.07, 6.45) is 0.776. The first kappa shape index (κ1) is 20.0. The molecule has 1 heterocycles. The van der Waals surface area contributed by atoms with Crippen LogP contribution in [0.2, 0.25) is 0 Å². The molecule has 0 amide bonds. The van der Waals surface area contributed by atoms with Gasteiger partial charge < -0.3 is 25.0 Å². The van der Waals surface area contributed by atoms with Gasteiger partial charge in [-0.2, -0.15) is 4.98 Å². The first-order chi connectivity index (χ1) is 11.1. The van der Waals surface area contributed by atoms with Gasteiger partial charge in [-0.25, -0.2) is 4.99 Å². The van der Waals surface area contributed by atoms with Crippen molar-refractivity contribution in [2.75, 3.05) is 20.8 Å². The monoisotopic (exact) mass is 447 g/mol. The number of methoxy groups -OCH3 is 2. The molecule has 2 rings (SSSR count). The zero-order valence-electron chi connectivity index (χ0n) is 13.9. The maximum atomic E-state index is 5.80. The smallest absolute Gasteiger partial charge is 0.223 e. The Hall–Kier alpha value is -2.04. The molecule has 0 radical (unpaired) electrons. The van der Waals surface area contributed by atoms with E-state index < -0.39 is 0 Å². The van der Waals surface area contributed by atoms with Crippen LogP contribution in [0, 0.1) is 6.92 Å². The molecule has 24 heavy (non-hydrogen) atoms. The van der Waals surface area contributed by atoms with Crippen molar-refractivity contribution in [3.05, 3.63) is 35.5 Å². The van der Waals surface area contributed by atoms with Crippen LogP contribution in [0.15, 0.2) is 27.7 Å². The standard InChI is InChI=1S/C15H21N5O3.HI/c1-10-19-14(20-23-10)9-18-15(16)17-7-6-11-4-5-12(21-2)13(8-11)22-3;/h4-5,8H,6-7,9H2,1-3H3,(H3,16,17,18);1H. The van der Waals surface area contributed by atoms with Gasteiger partial charge in [-0.3, -0.25) is 0 Å². The predicted octanol–water partition coefficient (Wildman–Crippen LogP) is 1.66. The molecule has 2 aromatic rings. The fourth-order valence-electron chi connectivity index (χ4n) is 1.99. The highest BCUT2D eigenvalue weighted by Crippen LogP contribution is 2.27. The molecule has 0 spiro atoms. The summed E-state index contributed by atoms with van der Waals surface area (Å²) in [6.45, 7) is 2.66. The number of rotatable bonds is 7. The lowest BCUT2D eigenvalue weighted by atomic mass is 10.1. The van der Waals surface area contributed by atoms with Crippen molar-refractivity contribution < 1.29 is 14.0 Å². The maximum absolute atomic E-state index is 5.80. The molecule has 0 aliphatic carbocycles. The van der Waals surface area contributed by atoms with Gasteiger partial charge in [0.15, 0.2) is 23.3 Å². The Morgan fingerprint density at radius 3 is 2.67 bits per heavy atom. The average molecular weight is 447 g/mol. The molecule has 0 aliphatic heterocycles. The van der Waals surface area contributed by atoms with Crippen LogP contribution in [0.3, 0.4) is 0 Å². The fraction of sp³-hybridized carbons (Fsp3) is 0.400. The van der Waals surface area contributed by atoms with E-state index >= 15 is 0 Å². The zero-order valence-corrected chi connectivity index (χ0v) is 16.2. The maximum Gasteiger partial charge on any atom is 0.223 e. The van der Waals surface area contributed by atoms with Crippen LogP contribution in [0.4, 0.5) is 0 Å². The Morgan fingerprint density at radius 1 is 1.29 bits per heavy atom. The predicted molar refractivity (Wildman–Crippen MR) is 101 cm³/mol. The molecular formula is C15H22IN5O3. The minimum Gasteiger partial charge on any atom is -0.493 e. The molecule has 0 atom stereocenters. The summed E-state index contributed by atoms with van der Waals surface area (Å²) in [6, 6.07) is 5.80. The number of benzene rings is 1. The quantitative estimate of drug-likeness (QED) is 0.378. The Kier molecular flexibility index (Phi) is 8.30. The number of nitrogens with zero attached hydrogens (tertiary/aromatic N) is 3. The summed E-state index contributed by atoms with van der Waals surface area (Å²) in [5.74, 6) is 2.77. The Labute approximate surface area is 157 Å². The second-order valence-corrected chi connectivity index (χ2v) is 4.80. The van der Waals surface area contributed by atoms with Crippen molar-refractivity contribution in [3.8, 4) is 11.5 Å². The summed E-state index contributed by atoms with van der Waals surface area (Å²) >= 11 is 0. The first-order valence-electron chi connectivity index (χ1n) is 7.16. The summed E-state index contributed by atoms with van der Waals surface area (Å²) in [5.41, 5.74) is 6.91. The zero-order chi connectivity index (χ0) is 16.7. The molecule has 0 unspecified atom stereocenters. The topological polar surface area (TPSA) is 108 Å². The number of hydrogen-bond acceptors (Lipinski definition) is 6. The van der Waals surface area contributed by atoms with Gasteiger partial charge in [0.2, 0.25) is 5.89 Å². The second-order valence-electron chi connectivity index (χ2n) is 4.80. The van der Waals surface area contributed by atoms with Crippen LogP contribution in [-0.4, -0.2) is 36.9 Å². The highest BCUT2D eigenvalue weighted by atomic mass is 127. The minimum absolute atomic E-state index is 0. The third-order valence-corrected chi connectivity index (χ3v) is 3.13. The van der Waals surface area contributed by atoms with E-state index in [0.29, 0.717) is 35.7 Å². The van der Waals surface area contributed by atoms with Crippen molar-refractivity contribution in [2.24, 2.45) is 10.7 Å². The van der Waals surface area contributed by atoms with Gasteiger partial charge in [0.05, 0.1) is 14.2 Å². The number of guanidine groups is 1. The number of aromatic nitrogens is 2. The number of nitrogens with two attached hydrogens (primary N) is 1. The lowest BCUT2D eigenvalue weighted by Crippen LogP contribution is -2.33. The molecule has 8 nitrogen and oxygen atoms in total. The molecule has 1 aromatic heterocycles. The third kappa shape index (κ3) is 5.87. The van der Waals surface area contributed by atoms with Crippen molar-refractivity contribution in [1.82, 2.24) is 15.5 Å². The molecule has 0 bridgehead atoms. The van der Waals surface area contributed by atoms with Gasteiger partial charge in [-0.05, 0) is 24.1 Å². The van der Waals surface area contributed by atoms with Gasteiger partial charge in [0, 0.05) is 13.5 Å². The Morgan fingerprint density at radius 2 is 2.04 bits per heavy atom. The number of hydrogen-bond donors (Lipinski definition) is 2. The number of halogens is 1. The average Bonchev–Trinajstić information content (AvgIpc) is 2.98. The number of nitrogens with one attached hydrogen (secondary N) is 1. The Balaban J connectivity index is 0.00000288. The number of aliphatic imine (C=N–C) groups is 1. The molecule has 132 valence electrons. The number of aryl methyl sites for hydroxylation is 1. The van der Waals surface area contributed by atoms with E-state index in [-0.39, 0.29) is 30.5 Å². The van der Waals surface area contributed by atoms with Crippen LogP contribution in [-0.2, 0) is 13.0 Å². The molecule has 0 fully saturated rings. The van der Waals surface area contributed by atoms with E-state index in [9.17, 15) is 0 Å². The van der Waals surface area contributed by atoms with Crippen LogP contribution < -0.4 is 20.5 Å². The lowest BCUT2D eigenvalue weighted by molar-refractivity contribution is 0.354. The van der Waals surface area contributed by atoms with Crippen LogP contribution in [0.5, 0.6) is 11.5 Å². The van der Waals surface area contributed by atoms with Gasteiger partial charge >= 0.3 is 0 Å². The normalized spacial score (nSPS) is 10.9. The van der Waals surface area contributed by atoms with E-state index in [1.165, 1.54) is 0 Å². The van der Waals surface area contributed by atoms with Gasteiger partial charge in [0.1, 0.15) is 6.54 Å². The molecule has 0 saturated heterocycles. The molecule has 0 aliphatic rings. The van der Waals surface area contributed by atoms with Crippen molar-refractivity contribution in [2.45, 2.75) is 19.9 Å². The molecule has 1 aromatic carbocycles. The van der Waals surface area contributed by atoms with E-state index in [4.69, 9.17) is 19.7 Å². The van der Waals surface area contributed by atoms with E-state index in [1.54, 1.807) is 21.1 Å². The van der Waals surface area contributed by atoms with Crippen molar-refractivity contribution in [3.63, 3.8) is 0 Å². The lowest BCUT2D eigenvalue weighted by Gasteiger charge is -2.10. The molecular weight excluding hydrogens is 425 g/mol. The third-order valence-electron chi connectivity index (χ3n) is 3.13. The van der Waals surface area contributed by atoms with Gasteiger partial charge in [0.25, 0.3) is 0 Å². The highest BCUT2D eigenvalue weighted by molar-refractivity contribution is 14.0.